The number of carbonyl (C=O) groups excluding carboxylic acids is 1. The number of benzene rings is 1. The maximum Gasteiger partial charge on any atom is 0.262 e. The number of hydrogen-bond donors (Lipinski definition) is 2. The van der Waals surface area contributed by atoms with Gasteiger partial charge in [0.1, 0.15) is 5.75 Å². The molecule has 2 rings (SSSR count). The van der Waals surface area contributed by atoms with Crippen molar-refractivity contribution in [3.63, 3.8) is 0 Å². The molecule has 0 saturated carbocycles. The lowest BCUT2D eigenvalue weighted by molar-refractivity contribution is -0.118. The van der Waals surface area contributed by atoms with E-state index in [0.717, 1.165) is 36.8 Å². The van der Waals surface area contributed by atoms with E-state index in [0.29, 0.717) is 0 Å². The van der Waals surface area contributed by atoms with Crippen LogP contribution in [-0.4, -0.2) is 39.2 Å². The van der Waals surface area contributed by atoms with Crippen molar-refractivity contribution < 1.29 is 9.53 Å². The number of carbonyl (C=O) groups is 1. The molecule has 0 aliphatic carbocycles. The molecule has 1 aliphatic heterocycles. The number of fused-ring (bicyclic) bond motifs is 1. The Hall–Kier alpha value is -1.75. The van der Waals surface area contributed by atoms with Crippen molar-refractivity contribution in [3.05, 3.63) is 18.2 Å². The number of amides is 1. The van der Waals surface area contributed by atoms with Crippen LogP contribution in [0.5, 0.6) is 5.75 Å². The molecule has 0 radical (unpaired) electrons. The second-order valence-corrected chi connectivity index (χ2v) is 4.29. The molecular weight excluding hydrogens is 230 g/mol. The molecule has 5 nitrogen and oxygen atoms in total. The zero-order chi connectivity index (χ0) is 13.0. The Morgan fingerprint density at radius 2 is 2.33 bits per heavy atom. The van der Waals surface area contributed by atoms with Gasteiger partial charge in [-0.15, -0.1) is 0 Å². The van der Waals surface area contributed by atoms with E-state index in [1.54, 1.807) is 0 Å². The molecule has 1 aromatic carbocycles. The molecule has 18 heavy (non-hydrogen) atoms. The highest BCUT2D eigenvalue weighted by molar-refractivity contribution is 5.96. The molecule has 0 spiro atoms. The van der Waals surface area contributed by atoms with Crippen LogP contribution in [0.4, 0.5) is 11.4 Å². The molecule has 98 valence electrons. The summed E-state index contributed by atoms with van der Waals surface area (Å²) >= 11 is 0. The summed E-state index contributed by atoms with van der Waals surface area (Å²) in [4.78, 5) is 13.4. The van der Waals surface area contributed by atoms with Gasteiger partial charge in [-0.2, -0.15) is 0 Å². The van der Waals surface area contributed by atoms with Crippen molar-refractivity contribution in [3.8, 4) is 5.75 Å². The number of nitrogens with zero attached hydrogens (tertiary/aromatic N) is 1. The Balaban J connectivity index is 2.05. The third-order valence-electron chi connectivity index (χ3n) is 2.91. The van der Waals surface area contributed by atoms with Gasteiger partial charge in [-0.05, 0) is 24.7 Å². The average molecular weight is 249 g/mol. The quantitative estimate of drug-likeness (QED) is 0.766. The Kier molecular flexibility index (Phi) is 4.04. The van der Waals surface area contributed by atoms with E-state index < -0.39 is 0 Å². The normalized spacial score (nSPS) is 13.6. The first-order valence-electron chi connectivity index (χ1n) is 6.19. The second kappa shape index (κ2) is 5.73. The van der Waals surface area contributed by atoms with E-state index in [2.05, 4.69) is 22.5 Å². The summed E-state index contributed by atoms with van der Waals surface area (Å²) in [6.07, 6.45) is 0. The van der Waals surface area contributed by atoms with Gasteiger partial charge in [-0.25, -0.2) is 0 Å². The van der Waals surface area contributed by atoms with Crippen molar-refractivity contribution in [1.29, 1.82) is 0 Å². The van der Waals surface area contributed by atoms with Crippen LogP contribution in [0.15, 0.2) is 18.2 Å². The van der Waals surface area contributed by atoms with Crippen LogP contribution < -0.4 is 20.3 Å². The average Bonchev–Trinajstić information content (AvgIpc) is 2.38. The number of hydrogen-bond acceptors (Lipinski definition) is 4. The summed E-state index contributed by atoms with van der Waals surface area (Å²) in [5, 5.41) is 6.10. The zero-order valence-electron chi connectivity index (χ0n) is 10.8. The Labute approximate surface area is 107 Å². The molecule has 2 N–H and O–H groups in total. The molecule has 1 aliphatic rings. The minimum absolute atomic E-state index is 0.0998. The fourth-order valence-corrected chi connectivity index (χ4v) is 1.86. The number of rotatable bonds is 5. The van der Waals surface area contributed by atoms with E-state index in [-0.39, 0.29) is 12.5 Å². The van der Waals surface area contributed by atoms with Crippen molar-refractivity contribution in [1.82, 2.24) is 5.32 Å². The van der Waals surface area contributed by atoms with Crippen LogP contribution >= 0.6 is 0 Å². The molecule has 0 saturated heterocycles. The van der Waals surface area contributed by atoms with E-state index in [1.807, 2.05) is 25.2 Å². The standard InChI is InChI=1S/C13H19N3O2/c1-3-14-6-7-16(2)10-4-5-12-11(8-10)15-13(17)9-18-12/h4-5,8,14H,3,6-7,9H2,1-2H3,(H,15,17). The van der Waals surface area contributed by atoms with Gasteiger partial charge in [-0.3, -0.25) is 4.79 Å². The SMILES string of the molecule is CCNCCN(C)c1ccc2c(c1)NC(=O)CO2. The molecule has 1 heterocycles. The number of anilines is 2. The van der Waals surface area contributed by atoms with E-state index in [9.17, 15) is 4.79 Å². The predicted octanol–water partition coefficient (Wildman–Crippen LogP) is 1.06. The fourth-order valence-electron chi connectivity index (χ4n) is 1.86. The smallest absolute Gasteiger partial charge is 0.262 e. The maximum absolute atomic E-state index is 11.3. The van der Waals surface area contributed by atoms with Gasteiger partial charge in [0.05, 0.1) is 5.69 Å². The van der Waals surface area contributed by atoms with Crippen molar-refractivity contribution >= 4 is 17.3 Å². The van der Waals surface area contributed by atoms with Crippen LogP contribution in [0.25, 0.3) is 0 Å². The first-order valence-corrected chi connectivity index (χ1v) is 6.19. The van der Waals surface area contributed by atoms with Gasteiger partial charge in [-0.1, -0.05) is 6.92 Å². The van der Waals surface area contributed by atoms with Gasteiger partial charge >= 0.3 is 0 Å². The number of nitrogens with one attached hydrogen (secondary N) is 2. The van der Waals surface area contributed by atoms with Crippen LogP contribution in [0.1, 0.15) is 6.92 Å². The second-order valence-electron chi connectivity index (χ2n) is 4.29. The van der Waals surface area contributed by atoms with E-state index >= 15 is 0 Å². The monoisotopic (exact) mass is 249 g/mol. The summed E-state index contributed by atoms with van der Waals surface area (Å²) in [6, 6.07) is 5.84. The Bertz CT molecular complexity index is 434. The highest BCUT2D eigenvalue weighted by Crippen LogP contribution is 2.31. The molecule has 1 aromatic rings. The fraction of sp³-hybridized carbons (Fsp3) is 0.462. The van der Waals surface area contributed by atoms with Crippen molar-refractivity contribution in [2.75, 3.05) is 43.5 Å². The van der Waals surface area contributed by atoms with Crippen molar-refractivity contribution in [2.24, 2.45) is 0 Å². The maximum atomic E-state index is 11.3. The van der Waals surface area contributed by atoms with Gasteiger partial charge in [0.2, 0.25) is 0 Å². The summed E-state index contributed by atoms with van der Waals surface area (Å²) in [5.74, 6) is 0.633. The van der Waals surface area contributed by atoms with E-state index in [1.165, 1.54) is 0 Å². The molecule has 0 aromatic heterocycles. The first-order chi connectivity index (χ1) is 8.70. The summed E-state index contributed by atoms with van der Waals surface area (Å²) in [5.41, 5.74) is 1.82. The summed E-state index contributed by atoms with van der Waals surface area (Å²) in [6.45, 7) is 5.02. The van der Waals surface area contributed by atoms with Gasteiger partial charge in [0.25, 0.3) is 5.91 Å². The molecule has 0 fully saturated rings. The molecule has 0 atom stereocenters. The molecule has 1 amide bonds. The van der Waals surface area contributed by atoms with Crippen LogP contribution in [0.2, 0.25) is 0 Å². The van der Waals surface area contributed by atoms with Gasteiger partial charge in [0.15, 0.2) is 6.61 Å². The van der Waals surface area contributed by atoms with Crippen molar-refractivity contribution in [2.45, 2.75) is 6.92 Å². The number of ether oxygens (including phenoxy) is 1. The lowest BCUT2D eigenvalue weighted by Gasteiger charge is -2.23. The number of likely N-dealkylation sites (N-methyl/N-ethyl adjacent to an activating group) is 2. The molecule has 0 bridgehead atoms. The molecular formula is C13H19N3O2. The highest BCUT2D eigenvalue weighted by atomic mass is 16.5. The highest BCUT2D eigenvalue weighted by Gasteiger charge is 2.16. The summed E-state index contributed by atoms with van der Waals surface area (Å²) < 4.78 is 5.33. The summed E-state index contributed by atoms with van der Waals surface area (Å²) in [7, 11) is 2.03. The van der Waals surface area contributed by atoms with E-state index in [4.69, 9.17) is 4.74 Å². The zero-order valence-corrected chi connectivity index (χ0v) is 10.8. The van der Waals surface area contributed by atoms with Crippen LogP contribution in [-0.2, 0) is 4.79 Å². The predicted molar refractivity (Wildman–Crippen MR) is 72.4 cm³/mol. The Morgan fingerprint density at radius 3 is 3.11 bits per heavy atom. The Morgan fingerprint density at radius 1 is 1.50 bits per heavy atom. The third kappa shape index (κ3) is 2.92. The molecule has 0 unspecified atom stereocenters. The lowest BCUT2D eigenvalue weighted by Crippen LogP contribution is -2.29. The van der Waals surface area contributed by atoms with Crippen LogP contribution in [0.3, 0.4) is 0 Å². The van der Waals surface area contributed by atoms with Gasteiger partial charge < -0.3 is 20.3 Å². The van der Waals surface area contributed by atoms with Gasteiger partial charge in [0, 0.05) is 25.8 Å². The first kappa shape index (κ1) is 12.7. The van der Waals surface area contributed by atoms with Crippen LogP contribution in [0, 0.1) is 0 Å². The lowest BCUT2D eigenvalue weighted by atomic mass is 10.2. The topological polar surface area (TPSA) is 53.6 Å². The molecule has 5 heteroatoms. The minimum Gasteiger partial charge on any atom is -0.482 e. The minimum atomic E-state index is -0.102. The third-order valence-corrected chi connectivity index (χ3v) is 2.91. The largest absolute Gasteiger partial charge is 0.482 e.